The van der Waals surface area contributed by atoms with Crippen molar-refractivity contribution in [2.45, 2.75) is 132 Å². The van der Waals surface area contributed by atoms with Crippen molar-refractivity contribution in [1.29, 1.82) is 0 Å². The van der Waals surface area contributed by atoms with Gasteiger partial charge in [-0.05, 0) is 71.6 Å². The summed E-state index contributed by atoms with van der Waals surface area (Å²) < 4.78 is 35.0. The molecule has 300 valence electrons. The molecule has 55 heavy (non-hydrogen) atoms. The van der Waals surface area contributed by atoms with Crippen LogP contribution in [0.3, 0.4) is 0 Å². The van der Waals surface area contributed by atoms with Gasteiger partial charge in [0.05, 0.1) is 26.4 Å². The molecule has 0 aliphatic rings. The summed E-state index contributed by atoms with van der Waals surface area (Å²) in [5.41, 5.74) is 4.07. The molecule has 0 amide bonds. The number of ether oxygens (including phenoxy) is 4. The molecule has 0 saturated heterocycles. The standard InChI is InChI=1S/C48H70O5Si2/c1-17-49-41-33(45(5,6)7)25-21-29-37(41)54(38-30-22-26-34(46(8,9)10)42(38)50-18-2)53-55(39-31-23-27-35(47(11,12)13)43(39)51-19-3)40-32-24-28-36(48(14,15)16)44(40)52-20-4/h21-32,54-55H,17-20H2,1-16H3. The zero-order valence-electron chi connectivity index (χ0n) is 37.0. The van der Waals surface area contributed by atoms with Crippen LogP contribution in [0.2, 0.25) is 0 Å². The fraction of sp³-hybridized carbons (Fsp3) is 0.500. The summed E-state index contributed by atoms with van der Waals surface area (Å²) in [7, 11) is -5.37. The molecule has 0 radical (unpaired) electrons. The molecular weight excluding hydrogens is 713 g/mol. The Hall–Kier alpha value is -3.53. The van der Waals surface area contributed by atoms with Gasteiger partial charge in [-0.2, -0.15) is 0 Å². The third-order valence-corrected chi connectivity index (χ3v) is 16.2. The molecule has 0 aliphatic carbocycles. The Balaban J connectivity index is 2.25. The first-order chi connectivity index (χ1) is 25.7. The van der Waals surface area contributed by atoms with Crippen LogP contribution < -0.4 is 39.7 Å². The van der Waals surface area contributed by atoms with Crippen molar-refractivity contribution >= 4 is 38.8 Å². The zero-order chi connectivity index (χ0) is 40.9. The molecule has 4 aromatic carbocycles. The van der Waals surface area contributed by atoms with Gasteiger partial charge in [0.2, 0.25) is 18.1 Å². The summed E-state index contributed by atoms with van der Waals surface area (Å²) in [6.07, 6.45) is 0. The van der Waals surface area contributed by atoms with E-state index in [0.29, 0.717) is 26.4 Å². The average Bonchev–Trinajstić information content (AvgIpc) is 3.08. The first-order valence-electron chi connectivity index (χ1n) is 20.4. The molecule has 7 heteroatoms. The number of rotatable bonds is 14. The van der Waals surface area contributed by atoms with Crippen molar-refractivity contribution in [3.63, 3.8) is 0 Å². The first-order valence-corrected chi connectivity index (χ1v) is 23.7. The summed E-state index contributed by atoms with van der Waals surface area (Å²) in [5.74, 6) is 3.69. The highest BCUT2D eigenvalue weighted by Gasteiger charge is 2.38. The smallest absolute Gasteiger partial charge is 0.236 e. The molecular formula is C48H70O5Si2. The molecule has 0 unspecified atom stereocenters. The van der Waals surface area contributed by atoms with Gasteiger partial charge in [-0.15, -0.1) is 0 Å². The Kier molecular flexibility index (Phi) is 14.2. The van der Waals surface area contributed by atoms with E-state index >= 15 is 0 Å². The second kappa shape index (κ2) is 17.7. The fourth-order valence-electron chi connectivity index (χ4n) is 7.39. The van der Waals surface area contributed by atoms with Gasteiger partial charge >= 0.3 is 0 Å². The van der Waals surface area contributed by atoms with E-state index in [9.17, 15) is 0 Å². The summed E-state index contributed by atoms with van der Waals surface area (Å²) in [6.45, 7) is 37.6. The van der Waals surface area contributed by atoms with E-state index in [4.69, 9.17) is 23.1 Å². The van der Waals surface area contributed by atoms with Gasteiger partial charge in [0.1, 0.15) is 23.0 Å². The van der Waals surface area contributed by atoms with Crippen molar-refractivity contribution in [1.82, 2.24) is 0 Å². The normalized spacial score (nSPS) is 12.7. The van der Waals surface area contributed by atoms with Gasteiger partial charge in [-0.3, -0.25) is 0 Å². The van der Waals surface area contributed by atoms with E-state index in [2.05, 4.69) is 184 Å². The molecule has 5 nitrogen and oxygen atoms in total. The molecule has 0 heterocycles. The van der Waals surface area contributed by atoms with E-state index in [-0.39, 0.29) is 21.7 Å². The largest absolute Gasteiger partial charge is 0.494 e. The zero-order valence-corrected chi connectivity index (χ0v) is 39.3. The van der Waals surface area contributed by atoms with Crippen LogP contribution in [0, 0.1) is 0 Å². The van der Waals surface area contributed by atoms with Crippen LogP contribution in [-0.4, -0.2) is 44.5 Å². The minimum atomic E-state index is -2.69. The van der Waals surface area contributed by atoms with Gasteiger partial charge in [-0.1, -0.05) is 156 Å². The number of hydrogen-bond donors (Lipinski definition) is 0. The van der Waals surface area contributed by atoms with Crippen LogP contribution >= 0.6 is 0 Å². The lowest BCUT2D eigenvalue weighted by atomic mass is 9.86. The average molecular weight is 783 g/mol. The van der Waals surface area contributed by atoms with Gasteiger partial charge in [0, 0.05) is 20.7 Å². The highest BCUT2D eigenvalue weighted by molar-refractivity contribution is 6.93. The third kappa shape index (κ3) is 10.1. The van der Waals surface area contributed by atoms with Crippen LogP contribution in [0.4, 0.5) is 0 Å². The van der Waals surface area contributed by atoms with Crippen molar-refractivity contribution < 1.29 is 23.1 Å². The predicted molar refractivity (Wildman–Crippen MR) is 239 cm³/mol. The molecule has 0 aromatic heterocycles. The summed E-state index contributed by atoms with van der Waals surface area (Å²) >= 11 is 0. The highest BCUT2D eigenvalue weighted by atomic mass is 28.4. The maximum atomic E-state index is 8.17. The van der Waals surface area contributed by atoms with Crippen molar-refractivity contribution in [3.8, 4) is 23.0 Å². The lowest BCUT2D eigenvalue weighted by Gasteiger charge is -2.34. The van der Waals surface area contributed by atoms with E-state index in [0.717, 1.165) is 43.7 Å². The lowest BCUT2D eigenvalue weighted by molar-refractivity contribution is 0.330. The molecule has 0 N–H and O–H groups in total. The Morgan fingerprint density at radius 3 is 0.709 bits per heavy atom. The van der Waals surface area contributed by atoms with Crippen molar-refractivity contribution in [2.75, 3.05) is 26.4 Å². The maximum Gasteiger partial charge on any atom is 0.236 e. The fourth-order valence-corrected chi connectivity index (χ4v) is 14.5. The Labute approximate surface area is 337 Å². The molecule has 0 bridgehead atoms. The number of para-hydroxylation sites is 4. The monoisotopic (exact) mass is 782 g/mol. The Bertz CT molecular complexity index is 1620. The van der Waals surface area contributed by atoms with E-state index in [1.54, 1.807) is 0 Å². The first kappa shape index (κ1) is 44.2. The van der Waals surface area contributed by atoms with E-state index in [1.807, 2.05) is 0 Å². The SMILES string of the molecule is CCOc1c([SiH](O[SiH](c2cccc(C(C)(C)C)c2OCC)c2cccc(C(C)(C)C)c2OCC)c2cccc(C(C)(C)C)c2OCC)cccc1C(C)(C)C. The highest BCUT2D eigenvalue weighted by Crippen LogP contribution is 2.36. The van der Waals surface area contributed by atoms with Crippen molar-refractivity contribution in [2.24, 2.45) is 0 Å². The Morgan fingerprint density at radius 1 is 0.345 bits per heavy atom. The molecule has 0 saturated carbocycles. The van der Waals surface area contributed by atoms with Gasteiger partial charge in [-0.25, -0.2) is 0 Å². The van der Waals surface area contributed by atoms with Gasteiger partial charge < -0.3 is 23.1 Å². The molecule has 0 fully saturated rings. The number of benzene rings is 4. The lowest BCUT2D eigenvalue weighted by Crippen LogP contribution is -2.57. The van der Waals surface area contributed by atoms with Crippen molar-refractivity contribution in [3.05, 3.63) is 95.1 Å². The molecule has 4 aromatic rings. The van der Waals surface area contributed by atoms with E-state index in [1.165, 1.54) is 22.3 Å². The third-order valence-electron chi connectivity index (χ3n) is 9.97. The summed E-state index contributed by atoms with van der Waals surface area (Å²) in [4.78, 5) is 0. The van der Waals surface area contributed by atoms with E-state index < -0.39 is 18.1 Å². The minimum Gasteiger partial charge on any atom is -0.494 e. The molecule has 4 rings (SSSR count). The van der Waals surface area contributed by atoms with Crippen LogP contribution in [0.5, 0.6) is 23.0 Å². The molecule has 0 aliphatic heterocycles. The second-order valence-electron chi connectivity index (χ2n) is 18.5. The second-order valence-corrected chi connectivity index (χ2v) is 23.6. The minimum absolute atomic E-state index is 0.154. The topological polar surface area (TPSA) is 46.2 Å². The van der Waals surface area contributed by atoms with Crippen LogP contribution in [0.25, 0.3) is 0 Å². The molecule has 0 spiro atoms. The summed E-state index contributed by atoms with van der Waals surface area (Å²) in [5, 5.41) is 4.48. The van der Waals surface area contributed by atoms with Crippen LogP contribution in [0.15, 0.2) is 72.8 Å². The van der Waals surface area contributed by atoms with Crippen LogP contribution in [-0.2, 0) is 25.8 Å². The quantitative estimate of drug-likeness (QED) is 0.120. The maximum absolute atomic E-state index is 8.17. The number of hydrogen-bond acceptors (Lipinski definition) is 5. The summed E-state index contributed by atoms with van der Waals surface area (Å²) in [6, 6.07) is 26.6. The Morgan fingerprint density at radius 2 is 0.545 bits per heavy atom. The van der Waals surface area contributed by atoms with Gasteiger partial charge in [0.25, 0.3) is 0 Å². The van der Waals surface area contributed by atoms with Crippen LogP contribution in [0.1, 0.15) is 133 Å². The molecule has 0 atom stereocenters. The predicted octanol–water partition coefficient (Wildman–Crippen LogP) is 8.86. The van der Waals surface area contributed by atoms with Gasteiger partial charge in [0.15, 0.2) is 0 Å².